The summed E-state index contributed by atoms with van der Waals surface area (Å²) in [6, 6.07) is 13.2. The smallest absolute Gasteiger partial charge is 0.222 e. The Bertz CT molecular complexity index is 564. The maximum Gasteiger partial charge on any atom is 0.222 e. The van der Waals surface area contributed by atoms with E-state index in [1.54, 1.807) is 19.1 Å². The first-order chi connectivity index (χ1) is 10.6. The van der Waals surface area contributed by atoms with Gasteiger partial charge in [-0.05, 0) is 24.6 Å². The molecule has 1 unspecified atom stereocenters. The minimum Gasteiger partial charge on any atom is -0.466 e. The lowest BCUT2D eigenvalue weighted by Gasteiger charge is -2.21. The molecule has 0 spiro atoms. The standard InChI is InChI=1S/C17H21NO4/c1-17(20,15-8-5-10-22-15)13-18-16(19)9-11-21-12-14-6-3-2-4-7-14/h2-8,10,20H,9,11-13H2,1H3,(H,18,19). The SMILES string of the molecule is CC(O)(CNC(=O)CCOCc1ccccc1)c1ccco1. The second kappa shape index (κ2) is 7.77. The van der Waals surface area contributed by atoms with Gasteiger partial charge in [0.2, 0.25) is 5.91 Å². The number of furan rings is 1. The third-order valence-electron chi connectivity index (χ3n) is 3.27. The molecule has 2 aromatic rings. The molecule has 0 bridgehead atoms. The van der Waals surface area contributed by atoms with Crippen molar-refractivity contribution in [1.29, 1.82) is 0 Å². The Hall–Kier alpha value is -2.11. The second-order valence-corrected chi connectivity index (χ2v) is 5.32. The molecule has 118 valence electrons. The Morgan fingerprint density at radius 3 is 2.73 bits per heavy atom. The quantitative estimate of drug-likeness (QED) is 0.733. The molecule has 0 fully saturated rings. The zero-order valence-corrected chi connectivity index (χ0v) is 12.6. The molecule has 0 aliphatic heterocycles. The fourth-order valence-corrected chi connectivity index (χ4v) is 1.96. The van der Waals surface area contributed by atoms with Crippen LogP contribution in [0, 0.1) is 0 Å². The third-order valence-corrected chi connectivity index (χ3v) is 3.27. The van der Waals surface area contributed by atoms with Crippen LogP contribution in [0.1, 0.15) is 24.7 Å². The van der Waals surface area contributed by atoms with Crippen molar-refractivity contribution in [2.24, 2.45) is 0 Å². The van der Waals surface area contributed by atoms with Crippen LogP contribution in [-0.2, 0) is 21.7 Å². The van der Waals surface area contributed by atoms with Gasteiger partial charge in [-0.25, -0.2) is 0 Å². The Labute approximate surface area is 129 Å². The van der Waals surface area contributed by atoms with E-state index in [2.05, 4.69) is 5.32 Å². The van der Waals surface area contributed by atoms with Crippen molar-refractivity contribution in [1.82, 2.24) is 5.32 Å². The van der Waals surface area contributed by atoms with Crippen molar-refractivity contribution in [3.63, 3.8) is 0 Å². The van der Waals surface area contributed by atoms with E-state index in [1.165, 1.54) is 6.26 Å². The molecule has 1 amide bonds. The molecule has 22 heavy (non-hydrogen) atoms. The molecule has 0 saturated heterocycles. The van der Waals surface area contributed by atoms with E-state index in [1.807, 2.05) is 30.3 Å². The minimum absolute atomic E-state index is 0.0953. The van der Waals surface area contributed by atoms with Gasteiger partial charge < -0.3 is 19.6 Å². The van der Waals surface area contributed by atoms with Gasteiger partial charge in [0.25, 0.3) is 0 Å². The molecule has 5 heteroatoms. The van der Waals surface area contributed by atoms with E-state index in [9.17, 15) is 9.90 Å². The Morgan fingerprint density at radius 1 is 1.27 bits per heavy atom. The summed E-state index contributed by atoms with van der Waals surface area (Å²) in [6.45, 7) is 2.51. The number of carbonyl (C=O) groups excluding carboxylic acids is 1. The lowest BCUT2D eigenvalue weighted by atomic mass is 10.0. The number of hydrogen-bond acceptors (Lipinski definition) is 4. The monoisotopic (exact) mass is 303 g/mol. The van der Waals surface area contributed by atoms with Crippen LogP contribution in [0.3, 0.4) is 0 Å². The molecule has 1 heterocycles. The molecule has 1 aromatic carbocycles. The molecule has 1 atom stereocenters. The molecular formula is C17H21NO4. The summed E-state index contributed by atoms with van der Waals surface area (Å²) in [5.74, 6) is 0.257. The number of carbonyl (C=O) groups is 1. The first-order valence-electron chi connectivity index (χ1n) is 7.23. The second-order valence-electron chi connectivity index (χ2n) is 5.32. The van der Waals surface area contributed by atoms with E-state index >= 15 is 0 Å². The number of amides is 1. The molecule has 0 radical (unpaired) electrons. The lowest BCUT2D eigenvalue weighted by molar-refractivity contribution is -0.123. The van der Waals surface area contributed by atoms with Crippen molar-refractivity contribution in [3.8, 4) is 0 Å². The van der Waals surface area contributed by atoms with Crippen LogP contribution in [-0.4, -0.2) is 24.2 Å². The predicted octanol–water partition coefficient (Wildman–Crippen LogP) is 2.21. The zero-order chi connectivity index (χ0) is 15.8. The Morgan fingerprint density at radius 2 is 2.05 bits per heavy atom. The number of nitrogens with one attached hydrogen (secondary N) is 1. The van der Waals surface area contributed by atoms with E-state index in [0.29, 0.717) is 19.0 Å². The van der Waals surface area contributed by atoms with Gasteiger partial charge in [-0.1, -0.05) is 30.3 Å². The summed E-state index contributed by atoms with van der Waals surface area (Å²) < 4.78 is 10.6. The van der Waals surface area contributed by atoms with Gasteiger partial charge in [0, 0.05) is 6.42 Å². The van der Waals surface area contributed by atoms with Crippen LogP contribution >= 0.6 is 0 Å². The highest BCUT2D eigenvalue weighted by molar-refractivity contribution is 5.76. The van der Waals surface area contributed by atoms with Crippen LogP contribution in [0.2, 0.25) is 0 Å². The molecule has 2 N–H and O–H groups in total. The van der Waals surface area contributed by atoms with Gasteiger partial charge in [0.05, 0.1) is 26.0 Å². The van der Waals surface area contributed by atoms with Crippen LogP contribution < -0.4 is 5.32 Å². The molecule has 0 aliphatic carbocycles. The van der Waals surface area contributed by atoms with E-state index in [-0.39, 0.29) is 18.9 Å². The van der Waals surface area contributed by atoms with E-state index in [0.717, 1.165) is 5.56 Å². The molecule has 0 aliphatic rings. The summed E-state index contributed by atoms with van der Waals surface area (Å²) in [6.07, 6.45) is 1.74. The molecule has 2 rings (SSSR count). The van der Waals surface area contributed by atoms with E-state index < -0.39 is 5.60 Å². The number of ether oxygens (including phenoxy) is 1. The third kappa shape index (κ3) is 5.02. The van der Waals surface area contributed by atoms with Crippen LogP contribution in [0.15, 0.2) is 53.1 Å². The molecule has 1 aromatic heterocycles. The highest BCUT2D eigenvalue weighted by Crippen LogP contribution is 2.19. The van der Waals surface area contributed by atoms with Crippen LogP contribution in [0.4, 0.5) is 0 Å². The average molecular weight is 303 g/mol. The van der Waals surface area contributed by atoms with Gasteiger partial charge in [-0.2, -0.15) is 0 Å². The van der Waals surface area contributed by atoms with E-state index in [4.69, 9.17) is 9.15 Å². The van der Waals surface area contributed by atoms with Crippen molar-refractivity contribution in [2.75, 3.05) is 13.2 Å². The summed E-state index contributed by atoms with van der Waals surface area (Å²) in [5, 5.41) is 12.9. The summed E-state index contributed by atoms with van der Waals surface area (Å²) in [5.41, 5.74) is -0.145. The van der Waals surface area contributed by atoms with Gasteiger partial charge in [-0.15, -0.1) is 0 Å². The largest absolute Gasteiger partial charge is 0.466 e. The zero-order valence-electron chi connectivity index (χ0n) is 12.6. The molecule has 0 saturated carbocycles. The number of rotatable bonds is 8. The maximum atomic E-state index is 11.7. The van der Waals surface area contributed by atoms with Crippen molar-refractivity contribution in [3.05, 3.63) is 60.1 Å². The van der Waals surface area contributed by atoms with Crippen molar-refractivity contribution in [2.45, 2.75) is 25.6 Å². The van der Waals surface area contributed by atoms with Gasteiger partial charge in [0.15, 0.2) is 0 Å². The van der Waals surface area contributed by atoms with Crippen LogP contribution in [0.5, 0.6) is 0 Å². The van der Waals surface area contributed by atoms with Gasteiger partial charge >= 0.3 is 0 Å². The lowest BCUT2D eigenvalue weighted by Crippen LogP contribution is -2.38. The maximum absolute atomic E-state index is 11.7. The average Bonchev–Trinajstić information content (AvgIpc) is 3.06. The summed E-state index contributed by atoms with van der Waals surface area (Å²) >= 11 is 0. The fraction of sp³-hybridized carbons (Fsp3) is 0.353. The van der Waals surface area contributed by atoms with Crippen LogP contribution in [0.25, 0.3) is 0 Å². The highest BCUT2D eigenvalue weighted by Gasteiger charge is 2.26. The summed E-state index contributed by atoms with van der Waals surface area (Å²) in [7, 11) is 0. The Balaban J connectivity index is 1.64. The molecule has 5 nitrogen and oxygen atoms in total. The van der Waals surface area contributed by atoms with Gasteiger partial charge in [-0.3, -0.25) is 4.79 Å². The number of aliphatic hydroxyl groups is 1. The van der Waals surface area contributed by atoms with Gasteiger partial charge in [0.1, 0.15) is 11.4 Å². The predicted molar refractivity (Wildman–Crippen MR) is 82.0 cm³/mol. The fourth-order valence-electron chi connectivity index (χ4n) is 1.96. The summed E-state index contributed by atoms with van der Waals surface area (Å²) in [4.78, 5) is 11.7. The molecular weight excluding hydrogens is 282 g/mol. The Kier molecular flexibility index (Phi) is 5.75. The normalized spacial score (nSPS) is 13.5. The number of hydrogen-bond donors (Lipinski definition) is 2. The topological polar surface area (TPSA) is 71.7 Å². The first-order valence-corrected chi connectivity index (χ1v) is 7.23. The van der Waals surface area contributed by atoms with Crippen molar-refractivity contribution < 1.29 is 19.1 Å². The first kappa shape index (κ1) is 16.3. The number of benzene rings is 1. The van der Waals surface area contributed by atoms with Crippen molar-refractivity contribution >= 4 is 5.91 Å². The highest BCUT2D eigenvalue weighted by atomic mass is 16.5. The minimum atomic E-state index is -1.22.